The molecule has 0 saturated carbocycles. The second-order valence-electron chi connectivity index (χ2n) is 14.9. The molecule has 1 aliphatic carbocycles. The second kappa shape index (κ2) is 15.5. The number of fused-ring (bicyclic) bond motifs is 2. The van der Waals surface area contributed by atoms with E-state index in [1.165, 1.54) is 63.7 Å². The highest BCUT2D eigenvalue weighted by molar-refractivity contribution is 7.17. The molecule has 0 unspecified atom stereocenters. The van der Waals surface area contributed by atoms with Gasteiger partial charge in [0.1, 0.15) is 0 Å². The van der Waals surface area contributed by atoms with Crippen molar-refractivity contribution in [1.82, 2.24) is 0 Å². The Bertz CT molecular complexity index is 2870. The van der Waals surface area contributed by atoms with Gasteiger partial charge in [0.25, 0.3) is 0 Å². The maximum Gasteiger partial charge on any atom is 0.0462 e. The zero-order valence-corrected chi connectivity index (χ0v) is 34.2. The van der Waals surface area contributed by atoms with E-state index < -0.39 is 0 Å². The predicted molar refractivity (Wildman–Crippen MR) is 252 cm³/mol. The minimum atomic E-state index is 1.12. The number of thiophene rings is 2. The number of anilines is 6. The van der Waals surface area contributed by atoms with E-state index in [1.54, 1.807) is 0 Å². The topological polar surface area (TPSA) is 6.48 Å². The van der Waals surface area contributed by atoms with E-state index in [9.17, 15) is 0 Å². The van der Waals surface area contributed by atoms with Crippen LogP contribution in [0.2, 0.25) is 0 Å². The molecule has 2 aromatic heterocycles. The summed E-state index contributed by atoms with van der Waals surface area (Å²) in [6.45, 7) is 4.47. The van der Waals surface area contributed by atoms with Crippen LogP contribution in [0.4, 0.5) is 34.1 Å². The minimum absolute atomic E-state index is 1.12. The van der Waals surface area contributed by atoms with Crippen molar-refractivity contribution in [2.45, 2.75) is 26.7 Å². The van der Waals surface area contributed by atoms with Gasteiger partial charge in [-0.05, 0) is 138 Å². The Morgan fingerprint density at radius 2 is 0.776 bits per heavy atom. The molecule has 0 N–H and O–H groups in total. The number of aryl methyl sites for hydroxylation is 2. The van der Waals surface area contributed by atoms with E-state index in [2.05, 4.69) is 218 Å². The SMILES string of the molecule is Cc1sc(-c2ccc(N(c3ccccc3)c3ccc(-c4ccc(N(c5ccccc5)c5ccc(-c6sc(C)c7ccccc67)cc5)cc4)cc3)cc2)c2c1C=CCC2. The quantitative estimate of drug-likeness (QED) is 0.144. The lowest BCUT2D eigenvalue weighted by atomic mass is 9.96. The summed E-state index contributed by atoms with van der Waals surface area (Å²) in [5.41, 5.74) is 14.6. The van der Waals surface area contributed by atoms with Crippen LogP contribution < -0.4 is 9.80 Å². The summed E-state index contributed by atoms with van der Waals surface area (Å²) >= 11 is 3.80. The van der Waals surface area contributed by atoms with Gasteiger partial charge < -0.3 is 9.80 Å². The fourth-order valence-corrected chi connectivity index (χ4v) is 10.7. The van der Waals surface area contributed by atoms with Gasteiger partial charge in [0.05, 0.1) is 0 Å². The first kappa shape index (κ1) is 35.9. The third-order valence-corrected chi connectivity index (χ3v) is 13.7. The smallest absolute Gasteiger partial charge is 0.0462 e. The van der Waals surface area contributed by atoms with Crippen molar-refractivity contribution in [2.24, 2.45) is 0 Å². The van der Waals surface area contributed by atoms with Crippen LogP contribution in [0.3, 0.4) is 0 Å². The molecule has 2 heterocycles. The molecule has 0 amide bonds. The molecule has 2 nitrogen and oxygen atoms in total. The van der Waals surface area contributed by atoms with Gasteiger partial charge in [-0.15, -0.1) is 22.7 Å². The lowest BCUT2D eigenvalue weighted by Crippen LogP contribution is -2.10. The van der Waals surface area contributed by atoms with Gasteiger partial charge in [0, 0.05) is 59.0 Å². The Balaban J connectivity index is 0.932. The lowest BCUT2D eigenvalue weighted by Gasteiger charge is -2.26. The molecule has 0 atom stereocenters. The maximum atomic E-state index is 2.35. The van der Waals surface area contributed by atoms with Crippen LogP contribution in [0.15, 0.2) is 188 Å². The normalized spacial score (nSPS) is 12.1. The van der Waals surface area contributed by atoms with Crippen molar-refractivity contribution in [1.29, 1.82) is 0 Å². The van der Waals surface area contributed by atoms with Crippen LogP contribution in [0, 0.1) is 13.8 Å². The van der Waals surface area contributed by atoms with Gasteiger partial charge in [-0.25, -0.2) is 0 Å². The highest BCUT2D eigenvalue weighted by Gasteiger charge is 2.19. The van der Waals surface area contributed by atoms with Gasteiger partial charge >= 0.3 is 0 Å². The molecule has 0 saturated heterocycles. The number of nitrogens with zero attached hydrogens (tertiary/aromatic N) is 2. The summed E-state index contributed by atoms with van der Waals surface area (Å²) in [6, 6.07) is 66.1. The van der Waals surface area contributed by atoms with Crippen molar-refractivity contribution in [3.63, 3.8) is 0 Å². The molecule has 9 aromatic rings. The number of hydrogen-bond acceptors (Lipinski definition) is 4. The summed E-state index contributed by atoms with van der Waals surface area (Å²) in [5.74, 6) is 0. The van der Waals surface area contributed by atoms with E-state index in [0.717, 1.165) is 47.0 Å². The summed E-state index contributed by atoms with van der Waals surface area (Å²) in [4.78, 5) is 10.2. The molecular weight excluding hydrogens is 741 g/mol. The Hall–Kier alpha value is -6.46. The molecule has 0 bridgehead atoms. The van der Waals surface area contributed by atoms with Crippen molar-refractivity contribution >= 4 is 73.6 Å². The van der Waals surface area contributed by atoms with Crippen molar-refractivity contribution < 1.29 is 0 Å². The number of benzene rings is 7. The molecule has 0 spiro atoms. The van der Waals surface area contributed by atoms with Crippen molar-refractivity contribution in [3.8, 4) is 32.0 Å². The zero-order valence-electron chi connectivity index (χ0n) is 32.6. The number of para-hydroxylation sites is 2. The highest BCUT2D eigenvalue weighted by Crippen LogP contribution is 2.43. The summed E-state index contributed by atoms with van der Waals surface area (Å²) < 4.78 is 0. The molecule has 58 heavy (non-hydrogen) atoms. The van der Waals surface area contributed by atoms with Crippen LogP contribution in [0.5, 0.6) is 0 Å². The fourth-order valence-electron chi connectivity index (χ4n) is 8.38. The highest BCUT2D eigenvalue weighted by atomic mass is 32.1. The lowest BCUT2D eigenvalue weighted by molar-refractivity contribution is 0.994. The molecule has 0 radical (unpaired) electrons. The number of hydrogen-bond donors (Lipinski definition) is 0. The van der Waals surface area contributed by atoms with Crippen molar-refractivity contribution in [2.75, 3.05) is 9.80 Å². The zero-order chi connectivity index (χ0) is 39.0. The van der Waals surface area contributed by atoms with Gasteiger partial charge in [-0.3, -0.25) is 0 Å². The van der Waals surface area contributed by atoms with Crippen LogP contribution >= 0.6 is 22.7 Å². The maximum absolute atomic E-state index is 2.35. The van der Waals surface area contributed by atoms with E-state index in [1.807, 2.05) is 22.7 Å². The average Bonchev–Trinajstić information content (AvgIpc) is 3.81. The molecule has 4 heteroatoms. The van der Waals surface area contributed by atoms with E-state index in [0.29, 0.717) is 0 Å². The van der Waals surface area contributed by atoms with Gasteiger partial charge in [0.2, 0.25) is 0 Å². The summed E-state index contributed by atoms with van der Waals surface area (Å²) in [5, 5.41) is 2.66. The van der Waals surface area contributed by atoms with Gasteiger partial charge in [0.15, 0.2) is 0 Å². The molecule has 10 rings (SSSR count). The molecule has 280 valence electrons. The van der Waals surface area contributed by atoms with Crippen LogP contribution in [-0.4, -0.2) is 0 Å². The van der Waals surface area contributed by atoms with Gasteiger partial charge in [-0.2, -0.15) is 0 Å². The first-order valence-electron chi connectivity index (χ1n) is 20.0. The first-order valence-corrected chi connectivity index (χ1v) is 21.6. The average molecular weight is 783 g/mol. The van der Waals surface area contributed by atoms with Crippen LogP contribution in [0.25, 0.3) is 48.9 Å². The predicted octanol–water partition coefficient (Wildman–Crippen LogP) is 16.5. The van der Waals surface area contributed by atoms with E-state index in [4.69, 9.17) is 0 Å². The third-order valence-electron chi connectivity index (χ3n) is 11.3. The largest absolute Gasteiger partial charge is 0.311 e. The molecule has 1 aliphatic rings. The fraction of sp³-hybridized carbons (Fsp3) is 0.0741. The molecular formula is C54H42N2S2. The number of allylic oxidation sites excluding steroid dienone is 1. The Morgan fingerprint density at radius 1 is 0.379 bits per heavy atom. The van der Waals surface area contributed by atoms with Crippen LogP contribution in [-0.2, 0) is 6.42 Å². The van der Waals surface area contributed by atoms with Gasteiger partial charge in [-0.1, -0.05) is 121 Å². The standard InChI is InChI=1S/C54H42N2S2/c1-37-49-17-9-11-19-51(49)53(57-37)41-25-33-47(34-26-41)55(43-13-5-3-6-14-43)45-29-21-39(22-30-45)40-23-31-46(32-24-40)56(44-15-7-4-8-16-44)48-35-27-42(28-36-48)54-52-20-12-10-18-50(52)38(2)58-54/h3-11,13-19,21-36H,12,20H2,1-2H3. The van der Waals surface area contributed by atoms with Crippen molar-refractivity contribution in [3.05, 3.63) is 209 Å². The Morgan fingerprint density at radius 3 is 1.28 bits per heavy atom. The Labute approximate surface area is 349 Å². The summed E-state index contributed by atoms with van der Waals surface area (Å²) in [6.07, 6.45) is 6.85. The summed E-state index contributed by atoms with van der Waals surface area (Å²) in [7, 11) is 0. The van der Waals surface area contributed by atoms with Crippen LogP contribution in [0.1, 0.15) is 27.3 Å². The first-order chi connectivity index (χ1) is 28.6. The minimum Gasteiger partial charge on any atom is -0.311 e. The van der Waals surface area contributed by atoms with E-state index >= 15 is 0 Å². The third kappa shape index (κ3) is 6.75. The monoisotopic (exact) mass is 782 g/mol. The second-order valence-corrected chi connectivity index (χ2v) is 17.3. The molecule has 0 aliphatic heterocycles. The molecule has 0 fully saturated rings. The van der Waals surface area contributed by atoms with E-state index in [-0.39, 0.29) is 0 Å². The molecule has 7 aromatic carbocycles. The Kier molecular flexibility index (Phi) is 9.58. The number of rotatable bonds is 9.